The summed E-state index contributed by atoms with van der Waals surface area (Å²) in [5.41, 5.74) is 1.10. The predicted molar refractivity (Wildman–Crippen MR) is 172 cm³/mol. The van der Waals surface area contributed by atoms with E-state index in [0.717, 1.165) is 17.2 Å². The second kappa shape index (κ2) is 13.3. The molecular weight excluding hydrogens is 604 g/mol. The lowest BCUT2D eigenvalue weighted by atomic mass is 9.89. The zero-order valence-electron chi connectivity index (χ0n) is 26.8. The monoisotopic (exact) mass is 638 g/mol. The maximum absolute atomic E-state index is 13.7. The minimum absolute atomic E-state index is 0.141. The van der Waals surface area contributed by atoms with E-state index in [4.69, 9.17) is 9.40 Å². The van der Waals surface area contributed by atoms with Crippen molar-refractivity contribution in [3.8, 4) is 11.4 Å². The number of nitrogens with zero attached hydrogens (tertiary/aromatic N) is 6. The number of para-hydroxylation sites is 2. The fraction of sp³-hybridized carbons (Fsp3) is 0.303. The minimum Gasteiger partial charge on any atom is -0.453 e. The van der Waals surface area contributed by atoms with Crippen molar-refractivity contribution in [2.24, 2.45) is 5.92 Å². The molecule has 14 heteroatoms. The summed E-state index contributed by atoms with van der Waals surface area (Å²) in [7, 11) is 1.16. The summed E-state index contributed by atoms with van der Waals surface area (Å²) in [6.45, 7) is 8.21. The second-order valence-corrected chi connectivity index (χ2v) is 11.7. The number of amides is 2. The highest BCUT2D eigenvalue weighted by molar-refractivity contribution is 5.98. The molecule has 2 amide bonds. The van der Waals surface area contributed by atoms with E-state index in [1.54, 1.807) is 57.3 Å². The van der Waals surface area contributed by atoms with Gasteiger partial charge in [-0.1, -0.05) is 56.3 Å². The van der Waals surface area contributed by atoms with Gasteiger partial charge in [-0.25, -0.2) is 14.8 Å². The highest BCUT2D eigenvalue weighted by Gasteiger charge is 2.35. The molecule has 0 saturated carbocycles. The third kappa shape index (κ3) is 6.76. The first-order valence-corrected chi connectivity index (χ1v) is 14.8. The van der Waals surface area contributed by atoms with Crippen LogP contribution in [0.4, 0.5) is 10.5 Å². The number of benzene rings is 2. The van der Waals surface area contributed by atoms with Gasteiger partial charge in [-0.2, -0.15) is 0 Å². The van der Waals surface area contributed by atoms with Crippen LogP contribution in [0.2, 0.25) is 0 Å². The second-order valence-electron chi connectivity index (χ2n) is 11.7. The van der Waals surface area contributed by atoms with Gasteiger partial charge < -0.3 is 14.5 Å². The fourth-order valence-electron chi connectivity index (χ4n) is 4.89. The van der Waals surface area contributed by atoms with E-state index < -0.39 is 41.3 Å². The molecular formula is C33H34N8O6. The number of ketones is 1. The molecule has 5 rings (SSSR count). The van der Waals surface area contributed by atoms with E-state index in [2.05, 4.69) is 35.5 Å². The number of Topliss-reactive ketones (excluding diaryl/α,β-unsaturated/α-hetero) is 1. The quantitative estimate of drug-likeness (QED) is 0.210. The highest BCUT2D eigenvalue weighted by atomic mass is 16.5. The molecule has 2 N–H and O–H groups in total. The maximum atomic E-state index is 13.7. The maximum Gasteiger partial charge on any atom is 0.411 e. The number of aromatic nitrogens is 6. The number of rotatable bonds is 10. The van der Waals surface area contributed by atoms with Gasteiger partial charge in [-0.3, -0.25) is 29.3 Å². The number of methoxy groups -OCH3 is 1. The van der Waals surface area contributed by atoms with Crippen molar-refractivity contribution in [1.29, 1.82) is 0 Å². The van der Waals surface area contributed by atoms with Crippen LogP contribution in [0.15, 0.2) is 70.0 Å². The Labute approximate surface area is 269 Å². The number of anilines is 1. The number of nitrogens with one attached hydrogen (secondary N) is 2. The van der Waals surface area contributed by atoms with Crippen molar-refractivity contribution in [2.45, 2.75) is 52.6 Å². The Balaban J connectivity index is 1.41. The van der Waals surface area contributed by atoms with Gasteiger partial charge >= 0.3 is 6.09 Å². The van der Waals surface area contributed by atoms with Crippen molar-refractivity contribution in [3.05, 3.63) is 94.3 Å². The molecule has 3 heterocycles. The van der Waals surface area contributed by atoms with Crippen molar-refractivity contribution in [2.75, 3.05) is 12.4 Å². The van der Waals surface area contributed by atoms with Crippen LogP contribution >= 0.6 is 0 Å². The molecule has 14 nitrogen and oxygen atoms in total. The molecule has 0 aliphatic rings. The Morgan fingerprint density at radius 1 is 0.979 bits per heavy atom. The molecule has 3 aromatic heterocycles. The largest absolute Gasteiger partial charge is 0.453 e. The molecule has 0 spiro atoms. The third-order valence-electron chi connectivity index (χ3n) is 7.62. The molecule has 2 aromatic carbocycles. The Morgan fingerprint density at radius 2 is 1.66 bits per heavy atom. The summed E-state index contributed by atoms with van der Waals surface area (Å²) >= 11 is 0. The average molecular weight is 639 g/mol. The third-order valence-corrected chi connectivity index (χ3v) is 7.62. The molecule has 5 aromatic rings. The van der Waals surface area contributed by atoms with Crippen LogP contribution in [0.5, 0.6) is 0 Å². The Bertz CT molecular complexity index is 2020. The van der Waals surface area contributed by atoms with E-state index in [1.807, 2.05) is 38.1 Å². The first-order valence-electron chi connectivity index (χ1n) is 14.8. The zero-order chi connectivity index (χ0) is 33.9. The topological polar surface area (TPSA) is 184 Å². The predicted octanol–water partition coefficient (Wildman–Crippen LogP) is 4.07. The summed E-state index contributed by atoms with van der Waals surface area (Å²) < 4.78 is 11.6. The average Bonchev–Trinajstić information content (AvgIpc) is 3.58. The van der Waals surface area contributed by atoms with Gasteiger partial charge in [0.25, 0.3) is 11.4 Å². The summed E-state index contributed by atoms with van der Waals surface area (Å²) in [6, 6.07) is 15.2. The number of ether oxygens (including phenoxy) is 1. The van der Waals surface area contributed by atoms with Gasteiger partial charge in [0.15, 0.2) is 0 Å². The van der Waals surface area contributed by atoms with E-state index in [0.29, 0.717) is 16.8 Å². The van der Waals surface area contributed by atoms with Crippen LogP contribution < -0.4 is 16.2 Å². The van der Waals surface area contributed by atoms with Gasteiger partial charge in [0.1, 0.15) is 18.1 Å². The molecule has 0 aliphatic heterocycles. The van der Waals surface area contributed by atoms with Crippen molar-refractivity contribution in [1.82, 2.24) is 35.0 Å². The lowest BCUT2D eigenvalue weighted by molar-refractivity contribution is -0.122. The van der Waals surface area contributed by atoms with Crippen LogP contribution in [0, 0.1) is 12.8 Å². The standard InChI is InChI=1S/C33H34N8O6/c1-18(2)25(27(43)29-39-40-31(47-29)33(4,5)23-16-34-21-14-10-11-15-22(21)36-23)37-24(42)17-41-28(20-12-8-7-9-13-20)35-19(3)26(30(41)44)38-32(45)46-6/h7-16,18,25H,17H2,1-6H3,(H,37,42)(H,38,45). The smallest absolute Gasteiger partial charge is 0.411 e. The van der Waals surface area contributed by atoms with E-state index in [1.165, 1.54) is 0 Å². The van der Waals surface area contributed by atoms with Crippen LogP contribution in [-0.4, -0.2) is 60.7 Å². The van der Waals surface area contributed by atoms with Gasteiger partial charge in [0.2, 0.25) is 17.6 Å². The number of aryl methyl sites for hydroxylation is 1. The molecule has 0 fully saturated rings. The Morgan fingerprint density at radius 3 is 2.34 bits per heavy atom. The van der Waals surface area contributed by atoms with Gasteiger partial charge in [-0.05, 0) is 38.8 Å². The van der Waals surface area contributed by atoms with Crippen LogP contribution in [0.3, 0.4) is 0 Å². The van der Waals surface area contributed by atoms with Gasteiger partial charge in [0.05, 0.1) is 47.2 Å². The van der Waals surface area contributed by atoms with Crippen LogP contribution in [0.25, 0.3) is 22.4 Å². The SMILES string of the molecule is COC(=O)Nc1c(C)nc(-c2ccccc2)n(CC(=O)NC(C(=O)c2nnc(C(C)(C)c3cnc4ccccc4n3)o2)C(C)C)c1=O. The Hall–Kier alpha value is -5.79. The summed E-state index contributed by atoms with van der Waals surface area (Å²) in [4.78, 5) is 66.4. The molecule has 1 atom stereocenters. The lowest BCUT2D eigenvalue weighted by Gasteiger charge is -2.21. The molecule has 0 aliphatic carbocycles. The molecule has 1 unspecified atom stereocenters. The normalized spacial score (nSPS) is 12.1. The van der Waals surface area contributed by atoms with Crippen molar-refractivity contribution < 1.29 is 23.5 Å². The van der Waals surface area contributed by atoms with E-state index >= 15 is 0 Å². The van der Waals surface area contributed by atoms with Crippen molar-refractivity contribution >= 4 is 34.5 Å². The zero-order valence-corrected chi connectivity index (χ0v) is 26.8. The molecule has 0 radical (unpaired) electrons. The number of fused-ring (bicyclic) bond motifs is 1. The van der Waals surface area contributed by atoms with Crippen LogP contribution in [-0.2, 0) is 21.5 Å². The van der Waals surface area contributed by atoms with Gasteiger partial charge in [-0.15, -0.1) is 10.2 Å². The van der Waals surface area contributed by atoms with E-state index in [9.17, 15) is 19.2 Å². The van der Waals surface area contributed by atoms with Crippen molar-refractivity contribution in [3.63, 3.8) is 0 Å². The first kappa shape index (κ1) is 32.6. The molecule has 0 bridgehead atoms. The molecule has 242 valence electrons. The summed E-state index contributed by atoms with van der Waals surface area (Å²) in [5.74, 6) is -1.58. The summed E-state index contributed by atoms with van der Waals surface area (Å²) in [6.07, 6.45) is 0.763. The molecule has 0 saturated heterocycles. The number of carbonyl (C=O) groups excluding carboxylic acids is 3. The van der Waals surface area contributed by atoms with E-state index in [-0.39, 0.29) is 34.9 Å². The first-order chi connectivity index (χ1) is 22.4. The summed E-state index contributed by atoms with van der Waals surface area (Å²) in [5, 5.41) is 13.2. The molecule has 47 heavy (non-hydrogen) atoms. The highest BCUT2D eigenvalue weighted by Crippen LogP contribution is 2.30. The number of hydrogen-bond acceptors (Lipinski definition) is 11. The minimum atomic E-state index is -1.07. The van der Waals surface area contributed by atoms with Gasteiger partial charge in [0, 0.05) is 5.56 Å². The number of carbonyl (C=O) groups is 3. The lowest BCUT2D eigenvalue weighted by Crippen LogP contribution is -2.47. The Kier molecular flexibility index (Phi) is 9.22. The number of hydrogen-bond donors (Lipinski definition) is 2. The fourth-order valence-corrected chi connectivity index (χ4v) is 4.89. The van der Waals surface area contributed by atoms with Crippen LogP contribution in [0.1, 0.15) is 55.7 Å².